The van der Waals surface area contributed by atoms with E-state index in [0.29, 0.717) is 18.0 Å². The monoisotopic (exact) mass is 223 g/mol. The molecule has 16 heavy (non-hydrogen) atoms. The lowest BCUT2D eigenvalue weighted by molar-refractivity contribution is -0.114. The highest BCUT2D eigenvalue weighted by molar-refractivity contribution is 5.95. The van der Waals surface area contributed by atoms with Crippen molar-refractivity contribution in [2.75, 3.05) is 11.9 Å². The molecule has 0 spiro atoms. The zero-order valence-electron chi connectivity index (χ0n) is 9.11. The van der Waals surface area contributed by atoms with Crippen molar-refractivity contribution in [3.8, 4) is 5.75 Å². The number of carboxylic acid groups (broad SMARTS) is 1. The summed E-state index contributed by atoms with van der Waals surface area (Å²) in [5, 5.41) is 11.5. The minimum absolute atomic E-state index is 0.0353. The van der Waals surface area contributed by atoms with Crippen LogP contribution in [0.3, 0.4) is 0 Å². The van der Waals surface area contributed by atoms with Crippen molar-refractivity contribution < 1.29 is 19.4 Å². The first-order valence-electron chi connectivity index (χ1n) is 4.82. The van der Waals surface area contributed by atoms with Crippen LogP contribution >= 0.6 is 0 Å². The van der Waals surface area contributed by atoms with Gasteiger partial charge in [-0.1, -0.05) is 0 Å². The highest BCUT2D eigenvalue weighted by atomic mass is 16.5. The van der Waals surface area contributed by atoms with Gasteiger partial charge in [-0.05, 0) is 25.1 Å². The van der Waals surface area contributed by atoms with Gasteiger partial charge in [0, 0.05) is 12.6 Å². The number of anilines is 1. The second-order valence-electron chi connectivity index (χ2n) is 3.13. The maximum Gasteiger partial charge on any atom is 0.339 e. The van der Waals surface area contributed by atoms with E-state index in [1.54, 1.807) is 13.0 Å². The second kappa shape index (κ2) is 5.16. The lowest BCUT2D eigenvalue weighted by Crippen LogP contribution is -2.08. The van der Waals surface area contributed by atoms with Crippen molar-refractivity contribution in [1.82, 2.24) is 0 Å². The molecule has 1 aromatic carbocycles. The largest absolute Gasteiger partial charge is 0.493 e. The molecule has 0 aromatic heterocycles. The maximum absolute atomic E-state index is 10.9. The zero-order valence-corrected chi connectivity index (χ0v) is 9.11. The molecule has 0 fully saturated rings. The molecule has 86 valence electrons. The molecule has 0 aliphatic carbocycles. The van der Waals surface area contributed by atoms with Crippen molar-refractivity contribution in [2.45, 2.75) is 13.8 Å². The van der Waals surface area contributed by atoms with Crippen molar-refractivity contribution in [2.24, 2.45) is 0 Å². The van der Waals surface area contributed by atoms with E-state index in [0.717, 1.165) is 0 Å². The van der Waals surface area contributed by atoms with Gasteiger partial charge in [0.2, 0.25) is 5.91 Å². The minimum atomic E-state index is -1.09. The maximum atomic E-state index is 10.9. The molecule has 0 heterocycles. The van der Waals surface area contributed by atoms with Gasteiger partial charge in [-0.2, -0.15) is 0 Å². The molecular formula is C11H13NO4. The lowest BCUT2D eigenvalue weighted by atomic mass is 10.1. The molecule has 0 unspecified atom stereocenters. The van der Waals surface area contributed by atoms with Crippen LogP contribution in [-0.4, -0.2) is 23.6 Å². The van der Waals surface area contributed by atoms with Crippen molar-refractivity contribution in [3.05, 3.63) is 23.8 Å². The fraction of sp³-hybridized carbons (Fsp3) is 0.273. The highest BCUT2D eigenvalue weighted by Gasteiger charge is 2.12. The zero-order chi connectivity index (χ0) is 12.1. The molecule has 5 nitrogen and oxygen atoms in total. The van der Waals surface area contributed by atoms with E-state index in [-0.39, 0.29) is 11.5 Å². The summed E-state index contributed by atoms with van der Waals surface area (Å²) in [6.45, 7) is 3.52. The average molecular weight is 223 g/mol. The summed E-state index contributed by atoms with van der Waals surface area (Å²) in [4.78, 5) is 21.8. The molecule has 0 aliphatic rings. The topological polar surface area (TPSA) is 75.6 Å². The van der Waals surface area contributed by atoms with Crippen molar-refractivity contribution >= 4 is 17.6 Å². The smallest absolute Gasteiger partial charge is 0.339 e. The van der Waals surface area contributed by atoms with Crippen LogP contribution in [0.1, 0.15) is 24.2 Å². The lowest BCUT2D eigenvalue weighted by Gasteiger charge is -2.09. The normalized spacial score (nSPS) is 9.62. The number of benzene rings is 1. The Labute approximate surface area is 93.0 Å². The number of nitrogens with one attached hydrogen (secondary N) is 1. The van der Waals surface area contributed by atoms with Gasteiger partial charge >= 0.3 is 5.97 Å². The van der Waals surface area contributed by atoms with Crippen LogP contribution in [0.25, 0.3) is 0 Å². The van der Waals surface area contributed by atoms with Crippen LogP contribution in [-0.2, 0) is 4.79 Å². The first kappa shape index (κ1) is 12.0. The summed E-state index contributed by atoms with van der Waals surface area (Å²) in [6, 6.07) is 4.49. The predicted molar refractivity (Wildman–Crippen MR) is 58.9 cm³/mol. The summed E-state index contributed by atoms with van der Waals surface area (Å²) >= 11 is 0. The number of amides is 1. The molecule has 1 rings (SSSR count). The van der Waals surface area contributed by atoms with E-state index in [2.05, 4.69) is 5.32 Å². The Morgan fingerprint density at radius 2 is 2.12 bits per heavy atom. The molecule has 0 radical (unpaired) electrons. The van der Waals surface area contributed by atoms with Crippen molar-refractivity contribution in [3.63, 3.8) is 0 Å². The van der Waals surface area contributed by atoms with Gasteiger partial charge < -0.3 is 15.2 Å². The molecule has 2 N–H and O–H groups in total. The van der Waals surface area contributed by atoms with E-state index in [4.69, 9.17) is 9.84 Å². The number of aromatic carboxylic acids is 1. The first-order valence-corrected chi connectivity index (χ1v) is 4.82. The number of carboxylic acids is 1. The summed E-state index contributed by atoms with van der Waals surface area (Å²) in [5.74, 6) is -1.04. The van der Waals surface area contributed by atoms with Crippen LogP contribution < -0.4 is 10.1 Å². The Hall–Kier alpha value is -2.04. The van der Waals surface area contributed by atoms with Gasteiger partial charge in [0.1, 0.15) is 11.3 Å². The van der Waals surface area contributed by atoms with Crippen LogP contribution in [0.15, 0.2) is 18.2 Å². The molecule has 0 bridgehead atoms. The third kappa shape index (κ3) is 2.98. The fourth-order valence-electron chi connectivity index (χ4n) is 1.26. The van der Waals surface area contributed by atoms with E-state index in [1.807, 2.05) is 0 Å². The van der Waals surface area contributed by atoms with Gasteiger partial charge in [0.25, 0.3) is 0 Å². The highest BCUT2D eigenvalue weighted by Crippen LogP contribution is 2.22. The molecule has 1 amide bonds. The Morgan fingerprint density at radius 1 is 1.44 bits per heavy atom. The Balaban J connectivity index is 3.06. The molecule has 1 aromatic rings. The van der Waals surface area contributed by atoms with Crippen LogP contribution in [0.2, 0.25) is 0 Å². The third-order valence-corrected chi connectivity index (χ3v) is 1.83. The van der Waals surface area contributed by atoms with Crippen LogP contribution in [0.5, 0.6) is 5.75 Å². The number of hydrogen-bond donors (Lipinski definition) is 2. The fourth-order valence-corrected chi connectivity index (χ4v) is 1.26. The number of rotatable bonds is 4. The molecule has 0 saturated heterocycles. The second-order valence-corrected chi connectivity index (χ2v) is 3.13. The summed E-state index contributed by atoms with van der Waals surface area (Å²) < 4.78 is 5.16. The standard InChI is InChI=1S/C11H13NO4/c1-3-16-10-5-4-8(12-7(2)13)6-9(10)11(14)15/h4-6H,3H2,1-2H3,(H,12,13)(H,14,15). The quantitative estimate of drug-likeness (QED) is 0.815. The van der Waals surface area contributed by atoms with Gasteiger partial charge in [-0.15, -0.1) is 0 Å². The minimum Gasteiger partial charge on any atom is -0.493 e. The van der Waals surface area contributed by atoms with Crippen LogP contribution in [0, 0.1) is 0 Å². The Morgan fingerprint density at radius 3 is 2.62 bits per heavy atom. The van der Waals surface area contributed by atoms with Crippen molar-refractivity contribution in [1.29, 1.82) is 0 Å². The SMILES string of the molecule is CCOc1ccc(NC(C)=O)cc1C(=O)O. The predicted octanol–water partition coefficient (Wildman–Crippen LogP) is 1.74. The number of hydrogen-bond acceptors (Lipinski definition) is 3. The Kier molecular flexibility index (Phi) is 3.88. The van der Waals surface area contributed by atoms with Gasteiger partial charge in [-0.3, -0.25) is 4.79 Å². The number of ether oxygens (including phenoxy) is 1. The molecule has 0 aliphatic heterocycles. The number of carbonyl (C=O) groups is 2. The molecular weight excluding hydrogens is 210 g/mol. The van der Waals surface area contributed by atoms with E-state index in [1.165, 1.54) is 19.1 Å². The van der Waals surface area contributed by atoms with E-state index in [9.17, 15) is 9.59 Å². The Bertz CT molecular complexity index is 414. The number of carbonyl (C=O) groups excluding carboxylic acids is 1. The summed E-state index contributed by atoms with van der Waals surface area (Å²) in [5.41, 5.74) is 0.474. The molecule has 0 saturated carbocycles. The molecule has 5 heteroatoms. The van der Waals surface area contributed by atoms with E-state index < -0.39 is 5.97 Å². The first-order chi connectivity index (χ1) is 7.54. The third-order valence-electron chi connectivity index (χ3n) is 1.83. The van der Waals surface area contributed by atoms with Gasteiger partial charge in [0.05, 0.1) is 6.61 Å². The molecule has 0 atom stereocenters. The summed E-state index contributed by atoms with van der Waals surface area (Å²) in [7, 11) is 0. The summed E-state index contributed by atoms with van der Waals surface area (Å²) in [6.07, 6.45) is 0. The van der Waals surface area contributed by atoms with E-state index >= 15 is 0 Å². The average Bonchev–Trinajstić information content (AvgIpc) is 2.19. The van der Waals surface area contributed by atoms with Crippen LogP contribution in [0.4, 0.5) is 5.69 Å². The van der Waals surface area contributed by atoms with Gasteiger partial charge in [-0.25, -0.2) is 4.79 Å². The van der Waals surface area contributed by atoms with Gasteiger partial charge in [0.15, 0.2) is 0 Å².